The highest BCUT2D eigenvalue weighted by molar-refractivity contribution is 5.73. The van der Waals surface area contributed by atoms with Gasteiger partial charge in [-0.3, -0.25) is 9.59 Å². The van der Waals surface area contributed by atoms with E-state index in [1.807, 2.05) is 0 Å². The summed E-state index contributed by atoms with van der Waals surface area (Å²) in [6.45, 7) is 5.46. The minimum atomic E-state index is -0.290. The van der Waals surface area contributed by atoms with Crippen molar-refractivity contribution < 1.29 is 14.3 Å². The van der Waals surface area contributed by atoms with Crippen LogP contribution in [0.25, 0.3) is 0 Å². The molecule has 0 aliphatic rings. The Balaban J connectivity index is 3.41. The Morgan fingerprint density at radius 1 is 0.731 bits per heavy atom. The first-order chi connectivity index (χ1) is 12.6. The van der Waals surface area contributed by atoms with E-state index in [4.69, 9.17) is 4.74 Å². The number of nitrogens with one attached hydrogen (secondary N) is 1. The minimum absolute atomic E-state index is 0.0475. The van der Waals surface area contributed by atoms with Crippen LogP contribution in [0.3, 0.4) is 0 Å². The summed E-state index contributed by atoms with van der Waals surface area (Å²) in [4.78, 5) is 22.1. The largest absolute Gasteiger partial charge is 0.464 e. The molecule has 0 aliphatic heterocycles. The molecule has 4 nitrogen and oxygen atoms in total. The standard InChI is InChI=1S/C22H43NO3/c1-4-5-6-7-8-9-10-11-12-13-14-15-16-17-18-22(23-20(2)24)19-26-21(3)25/h22H,4-19H2,1-3H3,(H,23,24)/t22-/m1/s1. The summed E-state index contributed by atoms with van der Waals surface area (Å²) in [6.07, 6.45) is 19.6. The van der Waals surface area contributed by atoms with Gasteiger partial charge in [0.25, 0.3) is 0 Å². The molecule has 26 heavy (non-hydrogen) atoms. The van der Waals surface area contributed by atoms with Crippen molar-refractivity contribution in [1.29, 1.82) is 0 Å². The van der Waals surface area contributed by atoms with Crippen LogP contribution in [-0.2, 0) is 14.3 Å². The van der Waals surface area contributed by atoms with Crippen LogP contribution in [0.5, 0.6) is 0 Å². The van der Waals surface area contributed by atoms with Crippen LogP contribution in [0, 0.1) is 0 Å². The number of carbonyl (C=O) groups excluding carboxylic acids is 2. The predicted octanol–water partition coefficient (Wildman–Crippen LogP) is 5.93. The zero-order valence-electron chi connectivity index (χ0n) is 17.6. The lowest BCUT2D eigenvalue weighted by Gasteiger charge is -2.17. The Hall–Kier alpha value is -1.06. The first-order valence-corrected chi connectivity index (χ1v) is 11.0. The molecule has 0 heterocycles. The third-order valence-corrected chi connectivity index (χ3v) is 4.80. The average Bonchev–Trinajstić information content (AvgIpc) is 2.59. The van der Waals surface area contributed by atoms with Crippen LogP contribution in [0.2, 0.25) is 0 Å². The second kappa shape index (κ2) is 18.7. The minimum Gasteiger partial charge on any atom is -0.464 e. The van der Waals surface area contributed by atoms with Gasteiger partial charge in [-0.15, -0.1) is 0 Å². The monoisotopic (exact) mass is 369 g/mol. The Labute approximate surface area is 161 Å². The fourth-order valence-electron chi connectivity index (χ4n) is 3.29. The molecule has 0 aromatic heterocycles. The van der Waals surface area contributed by atoms with Crippen LogP contribution in [0.4, 0.5) is 0 Å². The quantitative estimate of drug-likeness (QED) is 0.241. The molecular formula is C22H43NO3. The van der Waals surface area contributed by atoms with Crippen LogP contribution in [0.1, 0.15) is 117 Å². The number of amides is 1. The van der Waals surface area contributed by atoms with Crippen molar-refractivity contribution in [3.63, 3.8) is 0 Å². The van der Waals surface area contributed by atoms with E-state index in [0.717, 1.165) is 12.8 Å². The Morgan fingerprint density at radius 2 is 1.15 bits per heavy atom. The van der Waals surface area contributed by atoms with Crippen molar-refractivity contribution in [2.75, 3.05) is 6.61 Å². The van der Waals surface area contributed by atoms with Crippen molar-refractivity contribution in [2.45, 2.75) is 123 Å². The lowest BCUT2D eigenvalue weighted by molar-refractivity contribution is -0.142. The highest BCUT2D eigenvalue weighted by atomic mass is 16.5. The lowest BCUT2D eigenvalue weighted by atomic mass is 10.0. The normalized spacial score (nSPS) is 12.0. The molecule has 0 fully saturated rings. The smallest absolute Gasteiger partial charge is 0.302 e. The fraction of sp³-hybridized carbons (Fsp3) is 0.909. The summed E-state index contributed by atoms with van der Waals surface area (Å²) < 4.78 is 5.02. The van der Waals surface area contributed by atoms with Crippen LogP contribution in [-0.4, -0.2) is 24.5 Å². The second-order valence-corrected chi connectivity index (χ2v) is 7.58. The number of unbranched alkanes of at least 4 members (excludes halogenated alkanes) is 13. The maximum absolute atomic E-state index is 11.2. The van der Waals surface area contributed by atoms with Gasteiger partial charge in [0.1, 0.15) is 6.61 Å². The van der Waals surface area contributed by atoms with Crippen molar-refractivity contribution in [3.05, 3.63) is 0 Å². The number of carbonyl (C=O) groups is 2. The zero-order chi connectivity index (χ0) is 19.5. The maximum Gasteiger partial charge on any atom is 0.302 e. The molecule has 0 aromatic carbocycles. The predicted molar refractivity (Wildman–Crippen MR) is 109 cm³/mol. The van der Waals surface area contributed by atoms with E-state index in [0.29, 0.717) is 0 Å². The highest BCUT2D eigenvalue weighted by Gasteiger charge is 2.11. The average molecular weight is 370 g/mol. The Morgan fingerprint density at radius 3 is 1.54 bits per heavy atom. The Kier molecular flexibility index (Phi) is 18.0. The highest BCUT2D eigenvalue weighted by Crippen LogP contribution is 2.13. The van der Waals surface area contributed by atoms with Gasteiger partial charge in [0.15, 0.2) is 0 Å². The van der Waals surface area contributed by atoms with Crippen molar-refractivity contribution in [2.24, 2.45) is 0 Å². The lowest BCUT2D eigenvalue weighted by Crippen LogP contribution is -2.37. The maximum atomic E-state index is 11.2. The number of rotatable bonds is 18. The fourth-order valence-corrected chi connectivity index (χ4v) is 3.29. The third kappa shape index (κ3) is 19.3. The van der Waals surface area contributed by atoms with E-state index in [-0.39, 0.29) is 24.5 Å². The summed E-state index contributed by atoms with van der Waals surface area (Å²) in [5.74, 6) is -0.353. The van der Waals surface area contributed by atoms with Crippen LogP contribution < -0.4 is 5.32 Å². The molecule has 1 atom stereocenters. The first-order valence-electron chi connectivity index (χ1n) is 11.0. The van der Waals surface area contributed by atoms with Gasteiger partial charge in [-0.2, -0.15) is 0 Å². The molecule has 154 valence electrons. The van der Waals surface area contributed by atoms with Gasteiger partial charge >= 0.3 is 5.97 Å². The second-order valence-electron chi connectivity index (χ2n) is 7.58. The van der Waals surface area contributed by atoms with Gasteiger partial charge in [0.05, 0.1) is 6.04 Å². The van der Waals surface area contributed by atoms with E-state index in [9.17, 15) is 9.59 Å². The molecule has 0 unspecified atom stereocenters. The van der Waals surface area contributed by atoms with Gasteiger partial charge in [-0.1, -0.05) is 96.8 Å². The first kappa shape index (κ1) is 24.9. The van der Waals surface area contributed by atoms with Crippen LogP contribution in [0.15, 0.2) is 0 Å². The van der Waals surface area contributed by atoms with E-state index in [1.54, 1.807) is 0 Å². The van der Waals surface area contributed by atoms with Gasteiger partial charge in [-0.25, -0.2) is 0 Å². The number of hydrogen-bond acceptors (Lipinski definition) is 3. The third-order valence-electron chi connectivity index (χ3n) is 4.80. The molecule has 0 radical (unpaired) electrons. The van der Waals surface area contributed by atoms with E-state index in [1.165, 1.54) is 97.3 Å². The molecule has 0 saturated carbocycles. The van der Waals surface area contributed by atoms with Crippen molar-refractivity contribution >= 4 is 11.9 Å². The van der Waals surface area contributed by atoms with E-state index in [2.05, 4.69) is 12.2 Å². The molecule has 1 amide bonds. The molecular weight excluding hydrogens is 326 g/mol. The summed E-state index contributed by atoms with van der Waals surface area (Å²) in [6, 6.07) is -0.0475. The number of hydrogen-bond donors (Lipinski definition) is 1. The molecule has 0 aromatic rings. The summed E-state index contributed by atoms with van der Waals surface area (Å²) in [5.41, 5.74) is 0. The van der Waals surface area contributed by atoms with E-state index < -0.39 is 0 Å². The van der Waals surface area contributed by atoms with Gasteiger partial charge < -0.3 is 10.1 Å². The summed E-state index contributed by atoms with van der Waals surface area (Å²) in [5, 5.41) is 2.87. The molecule has 0 bridgehead atoms. The number of esters is 1. The molecule has 0 saturated heterocycles. The van der Waals surface area contributed by atoms with Crippen LogP contribution >= 0.6 is 0 Å². The molecule has 4 heteroatoms. The SMILES string of the molecule is CCCCCCCCCCCCCCCC[C@H](COC(C)=O)NC(C)=O. The zero-order valence-corrected chi connectivity index (χ0v) is 17.6. The van der Waals surface area contributed by atoms with Crippen molar-refractivity contribution in [3.8, 4) is 0 Å². The summed E-state index contributed by atoms with van der Waals surface area (Å²) >= 11 is 0. The number of ether oxygens (including phenoxy) is 1. The molecule has 0 spiro atoms. The molecule has 0 rings (SSSR count). The molecule has 0 aliphatic carbocycles. The van der Waals surface area contributed by atoms with Crippen molar-refractivity contribution in [1.82, 2.24) is 5.32 Å². The van der Waals surface area contributed by atoms with Gasteiger partial charge in [-0.05, 0) is 6.42 Å². The topological polar surface area (TPSA) is 55.4 Å². The Bertz CT molecular complexity index is 344. The molecule has 1 N–H and O–H groups in total. The van der Waals surface area contributed by atoms with Gasteiger partial charge in [0, 0.05) is 13.8 Å². The van der Waals surface area contributed by atoms with Gasteiger partial charge in [0.2, 0.25) is 5.91 Å². The summed E-state index contributed by atoms with van der Waals surface area (Å²) in [7, 11) is 0. The van der Waals surface area contributed by atoms with E-state index >= 15 is 0 Å².